The minimum atomic E-state index is -2.01. The SMILES string of the molecule is CC[C@H](C)[C@@H]1NC(=O)[C@H](Cc2ccc(-c3ccccc3)cc2)NC(=O)[C@H](C(C)C)NC(=O)[C@H](Cc2cccc(C)c2)NC(=O)[C@H](CC(=O)O)NC(=O)[C@H](Cc2ccncc2)NC(=O)[C@H](CN)NC(=O)CSC[C@@H](C(=O)N[C@@H](C)C(N)=O)NC(=O)[C@H]([C@@H](C)O)NC(=O)[C@H](C(C)C)NC(=O)[C@H](CC(C)C)NC(=O)[C@H](CCN)NC(=O)[C@@H](CC(C)C)NC(=O)[C@H](C)N(C)C1=O. The van der Waals surface area contributed by atoms with E-state index in [-0.39, 0.29) is 63.3 Å². The lowest BCUT2D eigenvalue weighted by atomic mass is 9.95. The lowest BCUT2D eigenvalue weighted by molar-refractivity contribution is -0.143. The number of aliphatic carboxylic acids is 1. The zero-order valence-corrected chi connectivity index (χ0v) is 75.6. The zero-order valence-electron chi connectivity index (χ0n) is 74.8. The summed E-state index contributed by atoms with van der Waals surface area (Å²) in [5.74, 6) is -21.1. The van der Waals surface area contributed by atoms with Gasteiger partial charge in [0.05, 0.1) is 18.3 Å². The van der Waals surface area contributed by atoms with Crippen LogP contribution in [0.3, 0.4) is 0 Å². The highest BCUT2D eigenvalue weighted by molar-refractivity contribution is 8.00. The second-order valence-corrected chi connectivity index (χ2v) is 34.7. The van der Waals surface area contributed by atoms with E-state index >= 15 is 19.2 Å². The molecule has 0 aliphatic carbocycles. The molecule has 2 heterocycles. The number of nitrogens with one attached hydrogen (secondary N) is 14. The number of hydrogen-bond donors (Lipinski definition) is 19. The summed E-state index contributed by atoms with van der Waals surface area (Å²) in [4.78, 5) is 250. The predicted molar refractivity (Wildman–Crippen MR) is 475 cm³/mol. The van der Waals surface area contributed by atoms with Crippen molar-refractivity contribution >= 4 is 112 Å². The Morgan fingerprint density at radius 2 is 0.929 bits per heavy atom. The lowest BCUT2D eigenvalue weighted by Crippen LogP contribution is -2.63. The smallest absolute Gasteiger partial charge is 0.305 e. The molecule has 16 amide bonds. The van der Waals surface area contributed by atoms with Crippen molar-refractivity contribution < 1.29 is 91.7 Å². The largest absolute Gasteiger partial charge is 0.481 e. The number of nitrogens with two attached hydrogens (primary N) is 3. The summed E-state index contributed by atoms with van der Waals surface area (Å²) in [5, 5.41) is 57.7. The topological polar surface area (TPSA) is 593 Å². The number of likely N-dealkylation sites (N-methyl/N-ethyl adjacent to an activating group) is 1. The summed E-state index contributed by atoms with van der Waals surface area (Å²) >= 11 is 0.698. The maximum absolute atomic E-state index is 15.3. The fourth-order valence-electron chi connectivity index (χ4n) is 13.6. The molecule has 22 N–H and O–H groups in total. The number of carboxylic acid groups (broad SMARTS) is 1. The third-order valence-corrected chi connectivity index (χ3v) is 22.4. The van der Waals surface area contributed by atoms with Crippen LogP contribution in [0.2, 0.25) is 0 Å². The Kier molecular flexibility index (Phi) is 42.9. The Hall–Kier alpha value is -12.0. The van der Waals surface area contributed by atoms with E-state index < -0.39 is 239 Å². The summed E-state index contributed by atoms with van der Waals surface area (Å²) in [6.45, 7) is 21.5. The molecule has 17 atom stereocenters. The average Bonchev–Trinajstić information content (AvgIpc) is 0.831. The summed E-state index contributed by atoms with van der Waals surface area (Å²) in [5.41, 5.74) is 21.4. The molecule has 1 aliphatic rings. The second kappa shape index (κ2) is 51.6. The molecule has 1 fully saturated rings. The number of amides is 16. The second-order valence-electron chi connectivity index (χ2n) is 33.6. The van der Waals surface area contributed by atoms with Crippen LogP contribution in [-0.2, 0) is 101 Å². The number of carbonyl (C=O) groups excluding carboxylic acids is 16. The van der Waals surface area contributed by atoms with Crippen molar-refractivity contribution in [2.24, 2.45) is 46.8 Å². The first kappa shape index (κ1) is 106. The molecule has 0 bridgehead atoms. The van der Waals surface area contributed by atoms with Gasteiger partial charge < -0.3 is 107 Å². The number of carboxylic acids is 1. The quantitative estimate of drug-likeness (QED) is 0.0383. The molecular formula is C88H129N19O19S. The number of thioether (sulfide) groups is 1. The van der Waals surface area contributed by atoms with Crippen molar-refractivity contribution in [1.82, 2.24) is 84.3 Å². The van der Waals surface area contributed by atoms with Gasteiger partial charge in [0.25, 0.3) is 0 Å². The van der Waals surface area contributed by atoms with Crippen molar-refractivity contribution in [3.05, 3.63) is 126 Å². The molecule has 38 nitrogen and oxygen atoms in total. The van der Waals surface area contributed by atoms with E-state index in [4.69, 9.17) is 17.2 Å². The van der Waals surface area contributed by atoms with E-state index in [0.717, 1.165) is 28.5 Å². The van der Waals surface area contributed by atoms with Gasteiger partial charge in [-0.25, -0.2) is 0 Å². The minimum absolute atomic E-state index is 0.0110. The minimum Gasteiger partial charge on any atom is -0.481 e. The molecule has 5 rings (SSSR count). The van der Waals surface area contributed by atoms with Crippen LogP contribution >= 0.6 is 11.8 Å². The Balaban J connectivity index is 1.65. The van der Waals surface area contributed by atoms with Gasteiger partial charge in [-0.15, -0.1) is 11.8 Å². The van der Waals surface area contributed by atoms with Crippen LogP contribution in [0.5, 0.6) is 0 Å². The molecule has 0 radical (unpaired) electrons. The average molecular weight is 1790 g/mol. The number of aliphatic hydroxyl groups is 1. The molecule has 1 aromatic heterocycles. The highest BCUT2D eigenvalue weighted by Gasteiger charge is 2.42. The van der Waals surface area contributed by atoms with Crippen LogP contribution in [0.1, 0.15) is 144 Å². The van der Waals surface area contributed by atoms with Crippen LogP contribution in [0.4, 0.5) is 0 Å². The molecule has 39 heteroatoms. The maximum atomic E-state index is 15.3. The number of primary amides is 1. The number of pyridine rings is 1. The molecule has 1 aliphatic heterocycles. The van der Waals surface area contributed by atoms with Crippen molar-refractivity contribution in [2.45, 2.75) is 245 Å². The first-order valence-corrected chi connectivity index (χ1v) is 43.8. The zero-order chi connectivity index (χ0) is 94.8. The van der Waals surface area contributed by atoms with E-state index in [1.54, 1.807) is 113 Å². The number of hydrogen-bond acceptors (Lipinski definition) is 22. The fraction of sp³-hybridized carbons (Fsp3) is 0.545. The van der Waals surface area contributed by atoms with E-state index in [0.29, 0.717) is 28.5 Å². The number of aliphatic hydroxyl groups excluding tert-OH is 1. The van der Waals surface area contributed by atoms with Crippen molar-refractivity contribution in [3.8, 4) is 11.1 Å². The standard InChI is InChI=1S/C88H129N19O19S/c1-16-50(11)72-88(126)107(15)52(13)75(113)96-60(35-45(2)3)77(115)95-59(29-32-89)76(114)97-61(36-46(4)5)80(118)104-71(48(8)9)86(124)106-73(53(14)108)87(125)102-67(84(122)93-51(12)74(91)112)43-127-44-68(109)94-66(42-90)83(121)99-62(39-55-30-33-92-34-31-55)78(116)100-65(41-69(110)111)79(117)98-64(40-56-22-20-21-49(10)37-56)81(119)103-70(47(6)7)85(123)101-63(82(120)105-72)38-54-25-27-58(28-26-54)57-23-18-17-19-24-57/h17-28,30-31,33-34,37,45-48,50-53,59-67,70-73,108H,16,29,32,35-36,38-44,89-90H2,1-15H3,(H2,91,112)(H,93,122)(H,94,109)(H,95,115)(H,96,113)(H,97,114)(H,98,117)(H,99,121)(H,100,116)(H,101,123)(H,102,125)(H,103,119)(H,104,118)(H,105,120)(H,106,124)(H,110,111)/t50-,51-,52-,53+,59-,60+,61-,62-,63-,64-,65-,66-,67-,70-,71-,72-,73-/m0/s1. The number of aromatic nitrogens is 1. The monoisotopic (exact) mass is 1790 g/mol. The molecule has 3 aromatic carbocycles. The van der Waals surface area contributed by atoms with Crippen LogP contribution in [-0.4, -0.2) is 249 Å². The van der Waals surface area contributed by atoms with Crippen LogP contribution in [0, 0.1) is 36.5 Å². The Bertz CT molecular complexity index is 4450. The number of rotatable bonds is 24. The third kappa shape index (κ3) is 34.0. The summed E-state index contributed by atoms with van der Waals surface area (Å²) in [7, 11) is 1.32. The Labute approximate surface area is 744 Å². The number of nitrogens with zero attached hydrogens (tertiary/aromatic N) is 2. The van der Waals surface area contributed by atoms with Gasteiger partial charge >= 0.3 is 5.97 Å². The Morgan fingerprint density at radius 3 is 1.43 bits per heavy atom. The van der Waals surface area contributed by atoms with Gasteiger partial charge in [0.15, 0.2) is 0 Å². The number of aryl methyl sites for hydroxylation is 1. The maximum Gasteiger partial charge on any atom is 0.305 e. The highest BCUT2D eigenvalue weighted by atomic mass is 32.2. The number of carbonyl (C=O) groups is 17. The molecule has 0 spiro atoms. The summed E-state index contributed by atoms with van der Waals surface area (Å²) in [6.07, 6.45) is -0.921. The van der Waals surface area contributed by atoms with E-state index in [1.807, 2.05) is 42.5 Å². The molecule has 0 unspecified atom stereocenters. The van der Waals surface area contributed by atoms with Gasteiger partial charge in [0, 0.05) is 51.0 Å². The van der Waals surface area contributed by atoms with Gasteiger partial charge in [0.2, 0.25) is 94.5 Å². The van der Waals surface area contributed by atoms with Gasteiger partial charge in [-0.3, -0.25) is 86.5 Å². The van der Waals surface area contributed by atoms with Gasteiger partial charge in [-0.05, 0) is 123 Å². The van der Waals surface area contributed by atoms with Crippen LogP contribution < -0.4 is 91.6 Å². The normalized spacial score (nSPS) is 24.6. The van der Waals surface area contributed by atoms with Crippen LogP contribution in [0.15, 0.2) is 103 Å². The lowest BCUT2D eigenvalue weighted by Gasteiger charge is -2.33. The first-order valence-electron chi connectivity index (χ1n) is 42.6. The summed E-state index contributed by atoms with van der Waals surface area (Å²) in [6, 6.07) is 2.89. The third-order valence-electron chi connectivity index (χ3n) is 21.4. The molecule has 4 aromatic rings. The van der Waals surface area contributed by atoms with Gasteiger partial charge in [-0.1, -0.05) is 160 Å². The molecule has 696 valence electrons. The van der Waals surface area contributed by atoms with Crippen molar-refractivity contribution in [2.75, 3.05) is 31.6 Å². The highest BCUT2D eigenvalue weighted by Crippen LogP contribution is 2.23. The Morgan fingerprint density at radius 1 is 0.496 bits per heavy atom. The van der Waals surface area contributed by atoms with E-state index in [9.17, 15) is 72.5 Å². The van der Waals surface area contributed by atoms with Crippen LogP contribution in [0.25, 0.3) is 11.1 Å². The van der Waals surface area contributed by atoms with Gasteiger partial charge in [0.1, 0.15) is 90.6 Å². The molecule has 0 saturated carbocycles. The van der Waals surface area contributed by atoms with E-state index in [2.05, 4.69) is 79.4 Å². The van der Waals surface area contributed by atoms with E-state index in [1.165, 1.54) is 45.4 Å². The van der Waals surface area contributed by atoms with Crippen molar-refractivity contribution in [1.29, 1.82) is 0 Å². The predicted octanol–water partition coefficient (Wildman–Crippen LogP) is -1.42. The molecular weight excluding hydrogens is 1660 g/mol. The molecule has 127 heavy (non-hydrogen) atoms. The summed E-state index contributed by atoms with van der Waals surface area (Å²) < 4.78 is 0. The fourth-order valence-corrected chi connectivity index (χ4v) is 14.5. The first-order chi connectivity index (χ1) is 59.9. The molecule has 1 saturated heterocycles. The van der Waals surface area contributed by atoms with Crippen molar-refractivity contribution in [3.63, 3.8) is 0 Å². The number of benzene rings is 3. The van der Waals surface area contributed by atoms with Gasteiger partial charge in [-0.2, -0.15) is 0 Å².